The van der Waals surface area contributed by atoms with E-state index in [1.165, 1.54) is 12.0 Å². The first-order valence-corrected chi connectivity index (χ1v) is 13.2. The molecule has 0 N–H and O–H groups in total. The van der Waals surface area contributed by atoms with Crippen LogP contribution in [0.3, 0.4) is 0 Å². The number of esters is 1. The Morgan fingerprint density at radius 2 is 1.82 bits per heavy atom. The van der Waals surface area contributed by atoms with E-state index in [4.69, 9.17) is 9.47 Å². The monoisotopic (exact) mass is 455 g/mol. The molecule has 1 aliphatic heterocycles. The Morgan fingerprint density at radius 3 is 2.58 bits per heavy atom. The van der Waals surface area contributed by atoms with Crippen LogP contribution in [0, 0.1) is 28.6 Å². The zero-order valence-electron chi connectivity index (χ0n) is 20.7. The van der Waals surface area contributed by atoms with Gasteiger partial charge in [0.2, 0.25) is 0 Å². The van der Waals surface area contributed by atoms with Gasteiger partial charge in [-0.25, -0.2) is 0 Å². The van der Waals surface area contributed by atoms with Crippen LogP contribution >= 0.6 is 0 Å². The van der Waals surface area contributed by atoms with Crippen molar-refractivity contribution in [3.8, 4) is 0 Å². The van der Waals surface area contributed by atoms with E-state index < -0.39 is 0 Å². The van der Waals surface area contributed by atoms with Crippen molar-refractivity contribution in [1.29, 1.82) is 0 Å². The number of hydrogen-bond acceptors (Lipinski definition) is 5. The minimum atomic E-state index is -0.0494. The van der Waals surface area contributed by atoms with Gasteiger partial charge in [-0.3, -0.25) is 14.5 Å². The highest BCUT2D eigenvalue weighted by Gasteiger charge is 2.57. The molecular formula is C28H41NO4. The fourth-order valence-electron chi connectivity index (χ4n) is 8.16. The van der Waals surface area contributed by atoms with Crippen LogP contribution in [-0.4, -0.2) is 55.6 Å². The van der Waals surface area contributed by atoms with Crippen LogP contribution in [0.25, 0.3) is 0 Å². The van der Waals surface area contributed by atoms with Crippen molar-refractivity contribution in [2.75, 3.05) is 32.8 Å². The summed E-state index contributed by atoms with van der Waals surface area (Å²) >= 11 is 0. The SMILES string of the molecule is CC(=O)C1=CC[C@H]2[C@H]3CC=C4C[C@@H](OC(=O)CCN5CCOCC5)CC[C@]4(C)[C@H]3CC[C@]12C. The molecule has 0 aromatic rings. The van der Waals surface area contributed by atoms with E-state index in [1.54, 1.807) is 6.92 Å². The number of carbonyl (C=O) groups is 2. The quantitative estimate of drug-likeness (QED) is 0.444. The highest BCUT2D eigenvalue weighted by Crippen LogP contribution is 2.65. The van der Waals surface area contributed by atoms with Crippen molar-refractivity contribution in [3.05, 3.63) is 23.3 Å². The summed E-state index contributed by atoms with van der Waals surface area (Å²) in [5, 5.41) is 0. The van der Waals surface area contributed by atoms with Gasteiger partial charge in [0.15, 0.2) is 5.78 Å². The standard InChI is InChI=1S/C28H41NO4/c1-19(30)23-6-7-24-22-5-4-20-18-21(33-26(31)10-13-29-14-16-32-17-15-29)8-11-27(20,2)25(22)9-12-28(23,24)3/h4,6,21-22,24-25H,5,7-18H2,1-3H3/t21-,22+,24-,25-,27-,28+/m0/s1. The summed E-state index contributed by atoms with van der Waals surface area (Å²) in [4.78, 5) is 27.1. The number of Topliss-reactive ketones (excluding diaryl/α,β-unsaturated/α-hetero) is 1. The number of ether oxygens (including phenoxy) is 2. The lowest BCUT2D eigenvalue weighted by Crippen LogP contribution is -2.50. The topological polar surface area (TPSA) is 55.8 Å². The summed E-state index contributed by atoms with van der Waals surface area (Å²) in [5.74, 6) is 2.17. The third-order valence-electron chi connectivity index (χ3n) is 10.1. The average Bonchev–Trinajstić information content (AvgIpc) is 3.16. The van der Waals surface area contributed by atoms with E-state index in [-0.39, 0.29) is 28.7 Å². The predicted molar refractivity (Wildman–Crippen MR) is 128 cm³/mol. The number of hydrogen-bond donors (Lipinski definition) is 0. The van der Waals surface area contributed by atoms with E-state index in [1.807, 2.05) is 0 Å². The Bertz CT molecular complexity index is 856. The van der Waals surface area contributed by atoms with Gasteiger partial charge in [0.1, 0.15) is 6.10 Å². The van der Waals surface area contributed by atoms with Gasteiger partial charge in [-0.1, -0.05) is 31.6 Å². The van der Waals surface area contributed by atoms with E-state index in [9.17, 15) is 9.59 Å². The lowest BCUT2D eigenvalue weighted by molar-refractivity contribution is -0.152. The highest BCUT2D eigenvalue weighted by atomic mass is 16.5. The van der Waals surface area contributed by atoms with Crippen molar-refractivity contribution in [2.24, 2.45) is 28.6 Å². The van der Waals surface area contributed by atoms with Gasteiger partial charge in [-0.15, -0.1) is 0 Å². The first kappa shape index (κ1) is 23.3. The molecule has 2 saturated carbocycles. The fraction of sp³-hybridized carbons (Fsp3) is 0.786. The Balaban J connectivity index is 1.21. The van der Waals surface area contributed by atoms with Gasteiger partial charge >= 0.3 is 5.97 Å². The zero-order chi connectivity index (χ0) is 23.2. The number of allylic oxidation sites excluding steroid dienone is 3. The zero-order valence-corrected chi connectivity index (χ0v) is 20.7. The minimum Gasteiger partial charge on any atom is -0.462 e. The fourth-order valence-corrected chi connectivity index (χ4v) is 8.16. The Kier molecular flexibility index (Phi) is 6.32. The summed E-state index contributed by atoms with van der Waals surface area (Å²) in [6.45, 7) is 10.7. The molecule has 182 valence electrons. The predicted octanol–water partition coefficient (Wildman–Crippen LogP) is 4.71. The van der Waals surface area contributed by atoms with Crippen molar-refractivity contribution in [3.63, 3.8) is 0 Å². The van der Waals surface area contributed by atoms with E-state index in [0.717, 1.165) is 76.9 Å². The second kappa shape index (κ2) is 8.96. The number of nitrogens with zero attached hydrogens (tertiary/aromatic N) is 1. The van der Waals surface area contributed by atoms with Gasteiger partial charge in [0, 0.05) is 26.1 Å². The van der Waals surface area contributed by atoms with E-state index >= 15 is 0 Å². The Morgan fingerprint density at radius 1 is 1.06 bits per heavy atom. The number of morpholine rings is 1. The summed E-state index contributed by atoms with van der Waals surface area (Å²) in [7, 11) is 0. The smallest absolute Gasteiger partial charge is 0.307 e. The molecule has 0 spiro atoms. The average molecular weight is 456 g/mol. The molecule has 5 rings (SSSR count). The first-order valence-electron chi connectivity index (χ1n) is 13.2. The van der Waals surface area contributed by atoms with Gasteiger partial charge in [0.25, 0.3) is 0 Å². The normalized spacial score (nSPS) is 40.7. The third kappa shape index (κ3) is 4.14. The first-order chi connectivity index (χ1) is 15.8. The van der Waals surface area contributed by atoms with Gasteiger partial charge in [-0.2, -0.15) is 0 Å². The van der Waals surface area contributed by atoms with E-state index in [2.05, 4.69) is 30.9 Å². The maximum Gasteiger partial charge on any atom is 0.307 e. The number of ketones is 1. The molecule has 5 heteroatoms. The van der Waals surface area contributed by atoms with Crippen LogP contribution in [-0.2, 0) is 19.1 Å². The Hall–Kier alpha value is -1.46. The van der Waals surface area contributed by atoms with Gasteiger partial charge in [0.05, 0.1) is 19.6 Å². The maximum absolute atomic E-state index is 12.5. The van der Waals surface area contributed by atoms with Crippen molar-refractivity contribution in [1.82, 2.24) is 4.90 Å². The molecule has 5 aliphatic rings. The largest absolute Gasteiger partial charge is 0.462 e. The molecule has 0 bridgehead atoms. The Labute approximate surface area is 198 Å². The molecule has 5 nitrogen and oxygen atoms in total. The second-order valence-corrected chi connectivity index (χ2v) is 11.7. The molecule has 1 heterocycles. The molecule has 0 amide bonds. The van der Waals surface area contributed by atoms with Crippen molar-refractivity contribution >= 4 is 11.8 Å². The summed E-state index contributed by atoms with van der Waals surface area (Å²) in [5.41, 5.74) is 2.92. The van der Waals surface area contributed by atoms with Crippen LogP contribution in [0.2, 0.25) is 0 Å². The maximum atomic E-state index is 12.5. The molecule has 4 aliphatic carbocycles. The van der Waals surface area contributed by atoms with Crippen molar-refractivity contribution < 1.29 is 19.1 Å². The van der Waals surface area contributed by atoms with Gasteiger partial charge < -0.3 is 9.47 Å². The molecular weight excluding hydrogens is 414 g/mol. The lowest BCUT2D eigenvalue weighted by Gasteiger charge is -2.57. The van der Waals surface area contributed by atoms with Crippen LogP contribution < -0.4 is 0 Å². The molecule has 0 radical (unpaired) electrons. The molecule has 0 aromatic heterocycles. The van der Waals surface area contributed by atoms with Crippen molar-refractivity contribution in [2.45, 2.75) is 78.2 Å². The molecule has 3 fully saturated rings. The number of fused-ring (bicyclic) bond motifs is 5. The minimum absolute atomic E-state index is 0.0318. The lowest BCUT2D eigenvalue weighted by atomic mass is 9.47. The molecule has 6 atom stereocenters. The van der Waals surface area contributed by atoms with E-state index in [0.29, 0.717) is 24.2 Å². The summed E-state index contributed by atoms with van der Waals surface area (Å²) in [6.07, 6.45) is 12.8. The molecule has 0 unspecified atom stereocenters. The number of rotatable bonds is 5. The second-order valence-electron chi connectivity index (χ2n) is 11.7. The highest BCUT2D eigenvalue weighted by molar-refractivity contribution is 5.95. The third-order valence-corrected chi connectivity index (χ3v) is 10.1. The molecule has 1 saturated heterocycles. The summed E-state index contributed by atoms with van der Waals surface area (Å²) < 4.78 is 11.3. The number of carbonyl (C=O) groups excluding carboxylic acids is 2. The molecule has 0 aromatic carbocycles. The van der Waals surface area contributed by atoms with Crippen LogP contribution in [0.1, 0.15) is 72.1 Å². The van der Waals surface area contributed by atoms with Crippen LogP contribution in [0.4, 0.5) is 0 Å². The van der Waals surface area contributed by atoms with Crippen LogP contribution in [0.15, 0.2) is 23.3 Å². The molecule has 33 heavy (non-hydrogen) atoms. The van der Waals surface area contributed by atoms with Gasteiger partial charge in [-0.05, 0) is 79.6 Å². The summed E-state index contributed by atoms with van der Waals surface area (Å²) in [6, 6.07) is 0. The van der Waals surface area contributed by atoms with Crippen LogP contribution in [0.5, 0.6) is 0 Å².